The van der Waals surface area contributed by atoms with Gasteiger partial charge < -0.3 is 9.51 Å². The van der Waals surface area contributed by atoms with Gasteiger partial charge in [-0.2, -0.15) is 0 Å². The minimum atomic E-state index is -0.497. The van der Waals surface area contributed by atoms with Crippen LogP contribution >= 0.6 is 0 Å². The summed E-state index contributed by atoms with van der Waals surface area (Å²) in [7, 11) is 1.38. The Labute approximate surface area is 100 Å². The standard InChI is InChI=1S/C12H9N3O3/c1-15-11(16)10-9(13-12(15)17)8(14-18-10)7-5-3-2-4-6-7/h2-6H,1H3,(H,13,17). The van der Waals surface area contributed by atoms with Crippen molar-refractivity contribution in [3.8, 4) is 11.3 Å². The fourth-order valence-electron chi connectivity index (χ4n) is 1.78. The molecule has 6 nitrogen and oxygen atoms in total. The minimum Gasteiger partial charge on any atom is -0.348 e. The molecule has 18 heavy (non-hydrogen) atoms. The minimum absolute atomic E-state index is 0.0518. The summed E-state index contributed by atoms with van der Waals surface area (Å²) in [6, 6.07) is 9.21. The predicted molar refractivity (Wildman–Crippen MR) is 65.3 cm³/mol. The fraction of sp³-hybridized carbons (Fsp3) is 0.0833. The van der Waals surface area contributed by atoms with E-state index in [9.17, 15) is 9.59 Å². The van der Waals surface area contributed by atoms with Crippen LogP contribution in [-0.2, 0) is 7.05 Å². The first-order valence-electron chi connectivity index (χ1n) is 5.32. The predicted octanol–water partition coefficient (Wildman–Crippen LogP) is 0.882. The Kier molecular flexibility index (Phi) is 2.16. The molecule has 0 aliphatic carbocycles. The molecule has 2 heterocycles. The Morgan fingerprint density at radius 1 is 1.22 bits per heavy atom. The summed E-state index contributed by atoms with van der Waals surface area (Å²) in [5, 5.41) is 3.85. The van der Waals surface area contributed by atoms with Gasteiger partial charge in [-0.15, -0.1) is 0 Å². The van der Waals surface area contributed by atoms with Crippen molar-refractivity contribution in [2.24, 2.45) is 7.05 Å². The number of H-pyrrole nitrogens is 1. The number of rotatable bonds is 1. The summed E-state index contributed by atoms with van der Waals surface area (Å²) in [4.78, 5) is 26.0. The van der Waals surface area contributed by atoms with Gasteiger partial charge in [0.2, 0.25) is 5.58 Å². The van der Waals surface area contributed by atoms with Crippen LogP contribution in [0.5, 0.6) is 0 Å². The first-order valence-corrected chi connectivity index (χ1v) is 5.32. The zero-order valence-electron chi connectivity index (χ0n) is 9.51. The van der Waals surface area contributed by atoms with E-state index in [1.54, 1.807) is 0 Å². The highest BCUT2D eigenvalue weighted by molar-refractivity contribution is 5.87. The maximum absolute atomic E-state index is 11.8. The molecule has 90 valence electrons. The third-order valence-corrected chi connectivity index (χ3v) is 2.77. The largest absolute Gasteiger partial charge is 0.348 e. The zero-order valence-corrected chi connectivity index (χ0v) is 9.51. The van der Waals surface area contributed by atoms with Gasteiger partial charge in [-0.05, 0) is 0 Å². The first-order chi connectivity index (χ1) is 8.68. The summed E-state index contributed by atoms with van der Waals surface area (Å²) >= 11 is 0. The summed E-state index contributed by atoms with van der Waals surface area (Å²) < 4.78 is 5.96. The maximum atomic E-state index is 11.8. The average molecular weight is 243 g/mol. The number of hydrogen-bond donors (Lipinski definition) is 1. The average Bonchev–Trinajstić information content (AvgIpc) is 2.81. The van der Waals surface area contributed by atoms with Crippen LogP contribution in [0.4, 0.5) is 0 Å². The van der Waals surface area contributed by atoms with E-state index in [-0.39, 0.29) is 5.58 Å². The van der Waals surface area contributed by atoms with Gasteiger partial charge in [-0.1, -0.05) is 35.5 Å². The molecule has 6 heteroatoms. The number of aromatic nitrogens is 3. The molecule has 3 aromatic rings. The van der Waals surface area contributed by atoms with Gasteiger partial charge in [0.15, 0.2) is 0 Å². The number of nitrogens with one attached hydrogen (secondary N) is 1. The van der Waals surface area contributed by atoms with Crippen LogP contribution in [0.2, 0.25) is 0 Å². The van der Waals surface area contributed by atoms with Crippen molar-refractivity contribution < 1.29 is 4.52 Å². The molecule has 0 fully saturated rings. The van der Waals surface area contributed by atoms with Gasteiger partial charge in [0.25, 0.3) is 0 Å². The number of hydrogen-bond acceptors (Lipinski definition) is 4. The second-order valence-corrected chi connectivity index (χ2v) is 3.90. The monoisotopic (exact) mass is 243 g/mol. The summed E-state index contributed by atoms with van der Waals surface area (Å²) in [6.45, 7) is 0. The van der Waals surface area contributed by atoms with Crippen molar-refractivity contribution >= 4 is 11.1 Å². The van der Waals surface area contributed by atoms with Gasteiger partial charge in [0.05, 0.1) is 0 Å². The van der Waals surface area contributed by atoms with Crippen LogP contribution in [0, 0.1) is 0 Å². The van der Waals surface area contributed by atoms with Crippen LogP contribution in [-0.4, -0.2) is 14.7 Å². The van der Waals surface area contributed by atoms with Crippen molar-refractivity contribution in [3.05, 3.63) is 51.2 Å². The van der Waals surface area contributed by atoms with Crippen molar-refractivity contribution in [2.45, 2.75) is 0 Å². The Hall–Kier alpha value is -2.63. The molecule has 1 aromatic carbocycles. The molecule has 0 unspecified atom stereocenters. The number of nitrogens with zero attached hydrogens (tertiary/aromatic N) is 2. The van der Waals surface area contributed by atoms with Crippen LogP contribution in [0.25, 0.3) is 22.4 Å². The van der Waals surface area contributed by atoms with E-state index in [1.165, 1.54) is 7.05 Å². The third-order valence-electron chi connectivity index (χ3n) is 2.77. The highest BCUT2D eigenvalue weighted by Gasteiger charge is 2.15. The molecular weight excluding hydrogens is 234 g/mol. The summed E-state index contributed by atoms with van der Waals surface area (Å²) in [5.41, 5.74) is 0.627. The van der Waals surface area contributed by atoms with Gasteiger partial charge in [0, 0.05) is 12.6 Å². The van der Waals surface area contributed by atoms with E-state index in [1.807, 2.05) is 30.3 Å². The van der Waals surface area contributed by atoms with E-state index in [2.05, 4.69) is 10.1 Å². The van der Waals surface area contributed by atoms with E-state index < -0.39 is 11.2 Å². The fourth-order valence-corrected chi connectivity index (χ4v) is 1.78. The van der Waals surface area contributed by atoms with Crippen molar-refractivity contribution in [1.82, 2.24) is 14.7 Å². The van der Waals surface area contributed by atoms with Gasteiger partial charge in [-0.25, -0.2) is 4.79 Å². The molecule has 0 atom stereocenters. The number of fused-ring (bicyclic) bond motifs is 1. The van der Waals surface area contributed by atoms with Crippen molar-refractivity contribution in [2.75, 3.05) is 0 Å². The SMILES string of the molecule is Cn1c(=O)[nH]c2c(-c3ccccc3)noc2c1=O. The molecule has 0 saturated carbocycles. The van der Waals surface area contributed by atoms with Crippen LogP contribution in [0.3, 0.4) is 0 Å². The van der Waals surface area contributed by atoms with Crippen molar-refractivity contribution in [1.29, 1.82) is 0 Å². The lowest BCUT2D eigenvalue weighted by Gasteiger charge is -1.96. The molecule has 2 aromatic heterocycles. The molecule has 0 aliphatic rings. The van der Waals surface area contributed by atoms with Gasteiger partial charge in [0.1, 0.15) is 11.2 Å². The molecule has 1 N–H and O–H groups in total. The topological polar surface area (TPSA) is 80.9 Å². The quantitative estimate of drug-likeness (QED) is 0.688. The molecule has 3 rings (SSSR count). The van der Waals surface area contributed by atoms with E-state index in [4.69, 9.17) is 4.52 Å². The van der Waals surface area contributed by atoms with Gasteiger partial charge >= 0.3 is 11.2 Å². The highest BCUT2D eigenvalue weighted by Crippen LogP contribution is 2.23. The van der Waals surface area contributed by atoms with E-state index in [0.29, 0.717) is 11.2 Å². The molecule has 0 spiro atoms. The third kappa shape index (κ3) is 1.39. The Balaban J connectivity index is 2.41. The van der Waals surface area contributed by atoms with Crippen LogP contribution < -0.4 is 11.2 Å². The van der Waals surface area contributed by atoms with E-state index >= 15 is 0 Å². The summed E-state index contributed by atoms with van der Waals surface area (Å²) in [6.07, 6.45) is 0. The molecule has 0 bridgehead atoms. The number of benzene rings is 1. The van der Waals surface area contributed by atoms with Crippen LogP contribution in [0.15, 0.2) is 44.4 Å². The molecule has 0 saturated heterocycles. The zero-order chi connectivity index (χ0) is 12.7. The molecule has 0 radical (unpaired) electrons. The Bertz CT molecular complexity index is 827. The molecule has 0 aliphatic heterocycles. The second kappa shape index (κ2) is 3.69. The second-order valence-electron chi connectivity index (χ2n) is 3.90. The summed E-state index contributed by atoms with van der Waals surface area (Å²) in [5.74, 6) is 0. The smallest absolute Gasteiger partial charge is 0.328 e. The Morgan fingerprint density at radius 2 is 1.94 bits per heavy atom. The lowest BCUT2D eigenvalue weighted by atomic mass is 10.1. The van der Waals surface area contributed by atoms with Gasteiger partial charge in [-0.3, -0.25) is 9.36 Å². The maximum Gasteiger partial charge on any atom is 0.328 e. The number of aromatic amines is 1. The Morgan fingerprint density at radius 3 is 2.67 bits per heavy atom. The first kappa shape index (κ1) is 10.5. The molecular formula is C12H9N3O3. The molecule has 0 amide bonds. The highest BCUT2D eigenvalue weighted by atomic mass is 16.5. The van der Waals surface area contributed by atoms with Crippen molar-refractivity contribution in [3.63, 3.8) is 0 Å². The lowest BCUT2D eigenvalue weighted by molar-refractivity contribution is 0.454. The normalized spacial score (nSPS) is 10.9. The lowest BCUT2D eigenvalue weighted by Crippen LogP contribution is -2.31. The van der Waals surface area contributed by atoms with Crippen LogP contribution in [0.1, 0.15) is 0 Å². The van der Waals surface area contributed by atoms with E-state index in [0.717, 1.165) is 10.1 Å².